The topological polar surface area (TPSA) is 175 Å². The molecule has 1 aliphatic heterocycles. The number of aliphatic hydroxyl groups is 1. The highest BCUT2D eigenvalue weighted by Gasteiger charge is 2.51. The van der Waals surface area contributed by atoms with Crippen molar-refractivity contribution in [2.75, 3.05) is 29.1 Å². The lowest BCUT2D eigenvalue weighted by Crippen LogP contribution is -2.63. The highest BCUT2D eigenvalue weighted by atomic mass is 19.1. The van der Waals surface area contributed by atoms with Gasteiger partial charge in [-0.3, -0.25) is 14.5 Å². The molecule has 0 bridgehead atoms. The molecule has 4 heterocycles. The number of hydrogen-bond acceptors (Lipinski definition) is 10. The summed E-state index contributed by atoms with van der Waals surface area (Å²) in [7, 11) is 0. The van der Waals surface area contributed by atoms with Crippen molar-refractivity contribution in [3.63, 3.8) is 0 Å². The van der Waals surface area contributed by atoms with Gasteiger partial charge in [0.1, 0.15) is 11.2 Å². The number of aliphatic hydroxyl groups excluding tert-OH is 1. The number of halogens is 1. The smallest absolute Gasteiger partial charge is 0.263 e. The van der Waals surface area contributed by atoms with Gasteiger partial charge in [-0.05, 0) is 19.1 Å². The number of nitrogen functional groups attached to an aromatic ring is 1. The largest absolute Gasteiger partial charge is 0.380 e. The van der Waals surface area contributed by atoms with Gasteiger partial charge in [-0.1, -0.05) is 5.16 Å². The van der Waals surface area contributed by atoms with E-state index in [9.17, 15) is 19.1 Å². The van der Waals surface area contributed by atoms with Gasteiger partial charge in [-0.15, -0.1) is 5.10 Å². The molecule has 180 valence electrons. The predicted molar refractivity (Wildman–Crippen MR) is 119 cm³/mol. The molecule has 4 aromatic rings. The number of morpholine rings is 1. The number of carbonyl (C=O) groups excluding carboxylic acids is 2. The molecular formula is C21H19FN8O5. The lowest BCUT2D eigenvalue weighted by molar-refractivity contribution is -0.170. The first-order valence-corrected chi connectivity index (χ1v) is 10.4. The lowest BCUT2D eigenvalue weighted by atomic mass is 9.94. The number of anilines is 3. The second-order valence-corrected chi connectivity index (χ2v) is 7.92. The number of fused-ring (bicyclic) bond motifs is 1. The highest BCUT2D eigenvalue weighted by Crippen LogP contribution is 2.30. The standard InChI is InChI=1S/C21H19FN8O5/c1-21(17(31)19(32)26-11-8-13(22)16-14(9-11)35-28-18(16)23)20(33)29(6-7-34-21)15-3-5-30(27-15)12-2-4-24-25-10-12/h2-5,8-10,17,31H,6-7H2,1H3,(H2,23,28)(H,26,32)/t17-,21+/m0/s1. The Morgan fingerprint density at radius 1 is 1.34 bits per heavy atom. The SMILES string of the molecule is C[C@]1([C@@H](O)C(=O)Nc2cc(F)c3c(N)noc3c2)OCCN(c2ccn(-c3ccnnc3)n2)C1=O. The number of carbonyl (C=O) groups is 2. The third kappa shape index (κ3) is 3.83. The molecule has 1 saturated heterocycles. The van der Waals surface area contributed by atoms with E-state index in [1.807, 2.05) is 0 Å². The number of ether oxygens (including phenoxy) is 1. The Balaban J connectivity index is 1.35. The fraction of sp³-hybridized carbons (Fsp3) is 0.238. The van der Waals surface area contributed by atoms with E-state index in [1.165, 1.54) is 35.0 Å². The zero-order valence-corrected chi connectivity index (χ0v) is 18.3. The summed E-state index contributed by atoms with van der Waals surface area (Å²) in [5.74, 6) is -2.26. The lowest BCUT2D eigenvalue weighted by Gasteiger charge is -2.40. The van der Waals surface area contributed by atoms with Crippen LogP contribution in [-0.4, -0.2) is 66.9 Å². The Morgan fingerprint density at radius 2 is 2.17 bits per heavy atom. The minimum atomic E-state index is -1.93. The highest BCUT2D eigenvalue weighted by molar-refractivity contribution is 6.06. The van der Waals surface area contributed by atoms with Crippen molar-refractivity contribution in [1.29, 1.82) is 0 Å². The zero-order valence-electron chi connectivity index (χ0n) is 18.3. The molecule has 0 unspecified atom stereocenters. The summed E-state index contributed by atoms with van der Waals surface area (Å²) in [5.41, 5.74) is 4.25. The quantitative estimate of drug-likeness (QED) is 0.366. The van der Waals surface area contributed by atoms with Gasteiger partial charge in [0.05, 0.1) is 31.2 Å². The van der Waals surface area contributed by atoms with Crippen LogP contribution in [0.5, 0.6) is 0 Å². The van der Waals surface area contributed by atoms with E-state index in [4.69, 9.17) is 15.0 Å². The van der Waals surface area contributed by atoms with Crippen molar-refractivity contribution in [2.45, 2.75) is 18.6 Å². The maximum atomic E-state index is 14.4. The summed E-state index contributed by atoms with van der Waals surface area (Å²) in [4.78, 5) is 27.4. The van der Waals surface area contributed by atoms with Crippen molar-refractivity contribution < 1.29 is 28.3 Å². The van der Waals surface area contributed by atoms with E-state index >= 15 is 0 Å². The number of nitrogens with zero attached hydrogens (tertiary/aromatic N) is 6. The fourth-order valence-electron chi connectivity index (χ4n) is 3.79. The number of benzene rings is 1. The van der Waals surface area contributed by atoms with Gasteiger partial charge in [0, 0.05) is 24.0 Å². The number of aromatic nitrogens is 5. The first-order chi connectivity index (χ1) is 16.8. The molecule has 1 aliphatic rings. The molecule has 2 amide bonds. The molecule has 2 atom stereocenters. The molecule has 0 aliphatic carbocycles. The van der Waals surface area contributed by atoms with Crippen molar-refractivity contribution in [3.05, 3.63) is 48.7 Å². The van der Waals surface area contributed by atoms with Crippen LogP contribution in [-0.2, 0) is 14.3 Å². The van der Waals surface area contributed by atoms with Crippen molar-refractivity contribution in [3.8, 4) is 5.69 Å². The van der Waals surface area contributed by atoms with Crippen LogP contribution >= 0.6 is 0 Å². The summed E-state index contributed by atoms with van der Waals surface area (Å²) in [6.07, 6.45) is 2.71. The first kappa shape index (κ1) is 22.4. The molecule has 13 nitrogen and oxygen atoms in total. The van der Waals surface area contributed by atoms with E-state index in [0.29, 0.717) is 11.5 Å². The van der Waals surface area contributed by atoms with Gasteiger partial charge < -0.3 is 25.4 Å². The Labute approximate surface area is 196 Å². The molecule has 1 aromatic carbocycles. The molecule has 0 saturated carbocycles. The van der Waals surface area contributed by atoms with Gasteiger partial charge in [0.25, 0.3) is 11.8 Å². The Kier molecular flexibility index (Phi) is 5.37. The van der Waals surface area contributed by atoms with Crippen LogP contribution in [0.2, 0.25) is 0 Å². The predicted octanol–water partition coefficient (Wildman–Crippen LogP) is 0.646. The maximum Gasteiger partial charge on any atom is 0.263 e. The van der Waals surface area contributed by atoms with E-state index in [0.717, 1.165) is 6.07 Å². The molecule has 3 aromatic heterocycles. The van der Waals surface area contributed by atoms with Gasteiger partial charge in [-0.2, -0.15) is 10.2 Å². The van der Waals surface area contributed by atoms with Crippen LogP contribution in [0.25, 0.3) is 16.7 Å². The van der Waals surface area contributed by atoms with Crippen molar-refractivity contribution in [1.82, 2.24) is 25.1 Å². The molecular weight excluding hydrogens is 463 g/mol. The summed E-state index contributed by atoms with van der Waals surface area (Å²) in [6.45, 7) is 1.49. The molecule has 4 N–H and O–H groups in total. The van der Waals surface area contributed by atoms with Gasteiger partial charge in [0.15, 0.2) is 28.9 Å². The summed E-state index contributed by atoms with van der Waals surface area (Å²) >= 11 is 0. The summed E-state index contributed by atoms with van der Waals surface area (Å²) in [6, 6.07) is 5.60. The van der Waals surface area contributed by atoms with E-state index in [-0.39, 0.29) is 35.6 Å². The number of nitrogens with one attached hydrogen (secondary N) is 1. The minimum Gasteiger partial charge on any atom is -0.380 e. The molecule has 0 spiro atoms. The molecule has 5 rings (SSSR count). The Bertz CT molecular complexity index is 1420. The third-order valence-electron chi connectivity index (χ3n) is 5.66. The van der Waals surface area contributed by atoms with Crippen LogP contribution in [0.1, 0.15) is 6.92 Å². The van der Waals surface area contributed by atoms with Crippen LogP contribution in [0.15, 0.2) is 47.4 Å². The number of hydrogen-bond donors (Lipinski definition) is 3. The van der Waals surface area contributed by atoms with Gasteiger partial charge in [-0.25, -0.2) is 9.07 Å². The van der Waals surface area contributed by atoms with Crippen LogP contribution < -0.4 is 16.0 Å². The van der Waals surface area contributed by atoms with Crippen LogP contribution in [0, 0.1) is 5.82 Å². The summed E-state index contributed by atoms with van der Waals surface area (Å²) < 4.78 is 26.4. The average Bonchev–Trinajstić information content (AvgIpc) is 3.48. The minimum absolute atomic E-state index is 0.00894. The molecule has 14 heteroatoms. The van der Waals surface area contributed by atoms with Crippen molar-refractivity contribution in [2.24, 2.45) is 0 Å². The molecule has 0 radical (unpaired) electrons. The second kappa shape index (κ2) is 8.41. The van der Waals surface area contributed by atoms with E-state index in [1.54, 1.807) is 18.3 Å². The van der Waals surface area contributed by atoms with Crippen LogP contribution in [0.3, 0.4) is 0 Å². The van der Waals surface area contributed by atoms with Gasteiger partial charge in [0.2, 0.25) is 0 Å². The number of amides is 2. The van der Waals surface area contributed by atoms with E-state index in [2.05, 4.69) is 25.8 Å². The van der Waals surface area contributed by atoms with Crippen molar-refractivity contribution >= 4 is 40.1 Å². The first-order valence-electron chi connectivity index (χ1n) is 10.4. The zero-order chi connectivity index (χ0) is 24.7. The van der Waals surface area contributed by atoms with Gasteiger partial charge >= 0.3 is 0 Å². The summed E-state index contributed by atoms with van der Waals surface area (Å²) in [5, 5.41) is 28.5. The second-order valence-electron chi connectivity index (χ2n) is 7.92. The normalized spacial score (nSPS) is 19.2. The maximum absolute atomic E-state index is 14.4. The van der Waals surface area contributed by atoms with E-state index < -0.39 is 29.3 Å². The number of nitrogens with two attached hydrogens (primary N) is 1. The third-order valence-corrected chi connectivity index (χ3v) is 5.66. The monoisotopic (exact) mass is 482 g/mol. The Morgan fingerprint density at radius 3 is 2.94 bits per heavy atom. The molecule has 35 heavy (non-hydrogen) atoms. The van der Waals surface area contributed by atoms with Crippen LogP contribution in [0.4, 0.5) is 21.7 Å². The number of rotatable bonds is 5. The average molecular weight is 482 g/mol. The fourth-order valence-corrected chi connectivity index (χ4v) is 3.79. The Hall–Kier alpha value is -4.43. The molecule has 1 fully saturated rings.